The molecular weight excluding hydrogens is 472 g/mol. The van der Waals surface area contributed by atoms with Crippen LogP contribution in [-0.2, 0) is 4.79 Å². The van der Waals surface area contributed by atoms with Crippen LogP contribution >= 0.6 is 34.3 Å². The largest absolute Gasteiger partial charge is 0.484 e. The van der Waals surface area contributed by atoms with Crippen molar-refractivity contribution >= 4 is 52.0 Å². The molecule has 0 saturated heterocycles. The number of carbonyl (C=O) groups excluding carboxylic acids is 1. The van der Waals surface area contributed by atoms with Crippen molar-refractivity contribution < 1.29 is 9.53 Å². The molecule has 0 radical (unpaired) electrons. The Morgan fingerprint density at radius 1 is 1.21 bits per heavy atom. The molecule has 3 heterocycles. The van der Waals surface area contributed by atoms with Crippen molar-refractivity contribution in [2.75, 3.05) is 6.61 Å². The van der Waals surface area contributed by atoms with Crippen LogP contribution in [-0.4, -0.2) is 23.2 Å². The molecule has 1 aliphatic heterocycles. The number of halogens is 1. The minimum atomic E-state index is -0.129. The van der Waals surface area contributed by atoms with Gasteiger partial charge in [0.2, 0.25) is 0 Å². The normalized spacial score (nSPS) is 21.2. The van der Waals surface area contributed by atoms with E-state index < -0.39 is 0 Å². The molecule has 2 atom stereocenters. The summed E-state index contributed by atoms with van der Waals surface area (Å²) in [6, 6.07) is 12.0. The number of benzene rings is 1. The number of hydrogen-bond donors (Lipinski definition) is 0. The number of hydrazone groups is 1. The van der Waals surface area contributed by atoms with Gasteiger partial charge in [-0.2, -0.15) is 5.10 Å². The van der Waals surface area contributed by atoms with Gasteiger partial charge >= 0.3 is 0 Å². The molecule has 0 N–H and O–H groups in total. The first-order chi connectivity index (χ1) is 16.0. The maximum Gasteiger partial charge on any atom is 0.281 e. The first-order valence-corrected chi connectivity index (χ1v) is 13.2. The molecule has 1 aromatic carbocycles. The molecule has 1 saturated carbocycles. The van der Waals surface area contributed by atoms with Gasteiger partial charge in [-0.25, -0.2) is 5.01 Å². The third-order valence-corrected chi connectivity index (χ3v) is 8.58. The number of hydrogen-bond acceptors (Lipinski definition) is 5. The Morgan fingerprint density at radius 2 is 1.97 bits per heavy atom. The SMILES string of the molecule is Cc1cc(OCC(=O)N2N=C3/C(=C\c4cccs4)CCC[C@@H]3[C@H]2c2cccs2)cc(C)c1Cl. The van der Waals surface area contributed by atoms with Gasteiger partial charge in [-0.15, -0.1) is 22.7 Å². The van der Waals surface area contributed by atoms with Gasteiger partial charge in [-0.3, -0.25) is 4.79 Å². The van der Waals surface area contributed by atoms with Crippen molar-refractivity contribution in [3.05, 3.63) is 78.6 Å². The molecule has 170 valence electrons. The second kappa shape index (κ2) is 9.45. The molecular formula is C26H25ClN2O2S2. The molecule has 1 aliphatic carbocycles. The molecule has 7 heteroatoms. The number of amides is 1. The highest BCUT2D eigenvalue weighted by molar-refractivity contribution is 7.11. The van der Waals surface area contributed by atoms with Gasteiger partial charge in [-0.05, 0) is 90.9 Å². The van der Waals surface area contributed by atoms with Crippen LogP contribution in [0.4, 0.5) is 0 Å². The third kappa shape index (κ3) is 4.52. The fourth-order valence-electron chi connectivity index (χ4n) is 4.69. The van der Waals surface area contributed by atoms with Crippen LogP contribution in [0.25, 0.3) is 6.08 Å². The lowest BCUT2D eigenvalue weighted by Crippen LogP contribution is -2.34. The van der Waals surface area contributed by atoms with E-state index in [1.807, 2.05) is 32.0 Å². The Kier molecular flexibility index (Phi) is 6.41. The van der Waals surface area contributed by atoms with Gasteiger partial charge in [0, 0.05) is 20.7 Å². The minimum Gasteiger partial charge on any atom is -0.484 e. The van der Waals surface area contributed by atoms with E-state index in [0.717, 1.165) is 41.1 Å². The first-order valence-electron chi connectivity index (χ1n) is 11.1. The van der Waals surface area contributed by atoms with Gasteiger partial charge in [0.05, 0.1) is 11.8 Å². The molecule has 3 aromatic rings. The number of rotatable bonds is 5. The van der Waals surface area contributed by atoms with Crippen LogP contribution in [0.2, 0.25) is 5.02 Å². The van der Waals surface area contributed by atoms with Crippen molar-refractivity contribution in [3.63, 3.8) is 0 Å². The highest BCUT2D eigenvalue weighted by Crippen LogP contribution is 2.45. The first kappa shape index (κ1) is 22.4. The maximum atomic E-state index is 13.4. The van der Waals surface area contributed by atoms with Crippen LogP contribution in [0.15, 0.2) is 57.8 Å². The van der Waals surface area contributed by atoms with Crippen molar-refractivity contribution in [3.8, 4) is 5.75 Å². The summed E-state index contributed by atoms with van der Waals surface area (Å²) in [5.41, 5.74) is 4.17. The number of nitrogens with zero attached hydrogens (tertiary/aromatic N) is 2. The third-order valence-electron chi connectivity index (χ3n) is 6.22. The summed E-state index contributed by atoms with van der Waals surface area (Å²) in [5, 5.41) is 11.5. The maximum absolute atomic E-state index is 13.4. The van der Waals surface area contributed by atoms with Gasteiger partial charge in [0.1, 0.15) is 5.75 Å². The zero-order valence-electron chi connectivity index (χ0n) is 18.6. The van der Waals surface area contributed by atoms with Crippen LogP contribution in [0.3, 0.4) is 0 Å². The fraction of sp³-hybridized carbons (Fsp3) is 0.308. The second-order valence-electron chi connectivity index (χ2n) is 8.53. The lowest BCUT2D eigenvalue weighted by atomic mass is 9.79. The molecule has 0 bridgehead atoms. The lowest BCUT2D eigenvalue weighted by molar-refractivity contribution is -0.135. The molecule has 2 aliphatic rings. The summed E-state index contributed by atoms with van der Waals surface area (Å²) < 4.78 is 5.90. The average molecular weight is 497 g/mol. The molecule has 1 amide bonds. The zero-order valence-corrected chi connectivity index (χ0v) is 21.0. The number of allylic oxidation sites excluding steroid dienone is 1. The number of ether oxygens (including phenoxy) is 1. The van der Waals surface area contributed by atoms with E-state index in [2.05, 4.69) is 35.0 Å². The van der Waals surface area contributed by atoms with E-state index in [4.69, 9.17) is 21.4 Å². The number of thiophene rings is 2. The summed E-state index contributed by atoms with van der Waals surface area (Å²) in [5.74, 6) is 0.738. The zero-order chi connectivity index (χ0) is 22.9. The molecule has 1 fully saturated rings. The standard InChI is InChI=1S/C26H25ClN2O2S2/c1-16-12-19(13-17(2)24(16)27)31-15-23(30)29-26(22-9-5-11-33-22)21-8-3-6-18(25(21)28-29)14-20-7-4-10-32-20/h4-5,7,9-14,21,26H,3,6,8,15H2,1-2H3/b18-14-/t21-,26-/m0/s1. The van der Waals surface area contributed by atoms with E-state index in [1.54, 1.807) is 27.7 Å². The Morgan fingerprint density at radius 3 is 2.67 bits per heavy atom. The molecule has 5 rings (SSSR count). The van der Waals surface area contributed by atoms with Crippen molar-refractivity contribution in [1.82, 2.24) is 5.01 Å². The van der Waals surface area contributed by atoms with E-state index in [1.165, 1.54) is 15.3 Å². The average Bonchev–Trinajstić information content (AvgIpc) is 3.56. The van der Waals surface area contributed by atoms with Gasteiger partial charge in [0.25, 0.3) is 5.91 Å². The van der Waals surface area contributed by atoms with Crippen LogP contribution < -0.4 is 4.74 Å². The molecule has 0 unspecified atom stereocenters. The van der Waals surface area contributed by atoms with Gasteiger partial charge < -0.3 is 4.74 Å². The van der Waals surface area contributed by atoms with Crippen LogP contribution in [0.1, 0.15) is 46.2 Å². The van der Waals surface area contributed by atoms with Gasteiger partial charge in [0.15, 0.2) is 6.61 Å². The van der Waals surface area contributed by atoms with E-state index in [0.29, 0.717) is 5.75 Å². The molecule has 33 heavy (non-hydrogen) atoms. The Bertz CT molecular complexity index is 1190. The van der Waals surface area contributed by atoms with Crippen molar-refractivity contribution in [2.45, 2.75) is 39.2 Å². The number of fused-ring (bicyclic) bond motifs is 1. The molecule has 4 nitrogen and oxygen atoms in total. The van der Waals surface area contributed by atoms with Crippen LogP contribution in [0, 0.1) is 19.8 Å². The van der Waals surface area contributed by atoms with E-state index in [-0.39, 0.29) is 24.5 Å². The Balaban J connectivity index is 1.42. The monoisotopic (exact) mass is 496 g/mol. The topological polar surface area (TPSA) is 41.9 Å². The fourth-order valence-corrected chi connectivity index (χ4v) is 6.36. The number of aryl methyl sites for hydroxylation is 2. The highest BCUT2D eigenvalue weighted by atomic mass is 35.5. The highest BCUT2D eigenvalue weighted by Gasteiger charge is 2.44. The summed E-state index contributed by atoms with van der Waals surface area (Å²) in [6.07, 6.45) is 5.37. The van der Waals surface area contributed by atoms with Crippen molar-refractivity contribution in [1.29, 1.82) is 0 Å². The predicted octanol–water partition coefficient (Wildman–Crippen LogP) is 7.28. The summed E-state index contributed by atoms with van der Waals surface area (Å²) >= 11 is 9.68. The molecule has 2 aromatic heterocycles. The smallest absolute Gasteiger partial charge is 0.281 e. The number of carbonyl (C=O) groups is 1. The Labute approximate surface area is 207 Å². The molecule has 0 spiro atoms. The summed E-state index contributed by atoms with van der Waals surface area (Å²) in [6.45, 7) is 3.82. The predicted molar refractivity (Wildman–Crippen MR) is 137 cm³/mol. The van der Waals surface area contributed by atoms with E-state index >= 15 is 0 Å². The van der Waals surface area contributed by atoms with Crippen LogP contribution in [0.5, 0.6) is 5.75 Å². The quantitative estimate of drug-likeness (QED) is 0.372. The van der Waals surface area contributed by atoms with Crippen molar-refractivity contribution in [2.24, 2.45) is 11.0 Å². The minimum absolute atomic E-state index is 0.0597. The lowest BCUT2D eigenvalue weighted by Gasteiger charge is -2.28. The Hall–Kier alpha value is -2.41. The van der Waals surface area contributed by atoms with E-state index in [9.17, 15) is 4.79 Å². The summed E-state index contributed by atoms with van der Waals surface area (Å²) in [4.78, 5) is 15.8. The second-order valence-corrected chi connectivity index (χ2v) is 10.9. The van der Waals surface area contributed by atoms with Gasteiger partial charge in [-0.1, -0.05) is 23.7 Å². The summed E-state index contributed by atoms with van der Waals surface area (Å²) in [7, 11) is 0.